The molecule has 0 aliphatic rings. The van der Waals surface area contributed by atoms with Crippen LogP contribution in [0, 0.1) is 5.92 Å². The first-order chi connectivity index (χ1) is 7.13. The zero-order chi connectivity index (χ0) is 11.7. The van der Waals surface area contributed by atoms with Crippen molar-refractivity contribution in [1.82, 2.24) is 0 Å². The summed E-state index contributed by atoms with van der Waals surface area (Å²) >= 11 is 0. The Kier molecular flexibility index (Phi) is 8.85. The lowest BCUT2D eigenvalue weighted by Gasteiger charge is -2.16. The fourth-order valence-corrected chi connectivity index (χ4v) is 2.15. The molecular formula is C15H30. The van der Waals surface area contributed by atoms with Crippen molar-refractivity contribution < 1.29 is 0 Å². The third-order valence-electron chi connectivity index (χ3n) is 3.40. The first-order valence-electron chi connectivity index (χ1n) is 6.79. The third kappa shape index (κ3) is 6.76. The van der Waals surface area contributed by atoms with Crippen LogP contribution >= 0.6 is 0 Å². The summed E-state index contributed by atoms with van der Waals surface area (Å²) in [5, 5.41) is 0. The molecule has 0 heterocycles. The van der Waals surface area contributed by atoms with Gasteiger partial charge < -0.3 is 0 Å². The van der Waals surface area contributed by atoms with Gasteiger partial charge in [-0.25, -0.2) is 0 Å². The van der Waals surface area contributed by atoms with Crippen molar-refractivity contribution in [1.29, 1.82) is 0 Å². The molecule has 1 unspecified atom stereocenters. The normalized spacial score (nSPS) is 12.6. The van der Waals surface area contributed by atoms with Crippen LogP contribution in [0.4, 0.5) is 0 Å². The molecule has 0 saturated carbocycles. The van der Waals surface area contributed by atoms with E-state index < -0.39 is 0 Å². The fraction of sp³-hybridized carbons (Fsp3) is 0.867. The summed E-state index contributed by atoms with van der Waals surface area (Å²) < 4.78 is 0. The van der Waals surface area contributed by atoms with E-state index >= 15 is 0 Å². The van der Waals surface area contributed by atoms with Crippen molar-refractivity contribution in [3.8, 4) is 0 Å². The monoisotopic (exact) mass is 210 g/mol. The van der Waals surface area contributed by atoms with E-state index in [-0.39, 0.29) is 0 Å². The van der Waals surface area contributed by atoms with Crippen LogP contribution in [0.2, 0.25) is 0 Å². The van der Waals surface area contributed by atoms with E-state index in [1.165, 1.54) is 44.9 Å². The molecule has 0 aliphatic heterocycles. The summed E-state index contributed by atoms with van der Waals surface area (Å²) in [6.45, 7) is 11.5. The van der Waals surface area contributed by atoms with E-state index in [1.54, 1.807) is 11.1 Å². The van der Waals surface area contributed by atoms with E-state index in [0.29, 0.717) is 0 Å². The summed E-state index contributed by atoms with van der Waals surface area (Å²) in [6.07, 6.45) is 9.61. The Morgan fingerprint density at radius 1 is 0.933 bits per heavy atom. The van der Waals surface area contributed by atoms with Gasteiger partial charge in [-0.1, -0.05) is 57.6 Å². The number of allylic oxidation sites excluding steroid dienone is 2. The molecular weight excluding hydrogens is 180 g/mol. The highest BCUT2D eigenvalue weighted by atomic mass is 14.1. The van der Waals surface area contributed by atoms with Crippen LogP contribution in [0.25, 0.3) is 0 Å². The highest BCUT2D eigenvalue weighted by molar-refractivity contribution is 5.12. The van der Waals surface area contributed by atoms with Gasteiger partial charge in [-0.3, -0.25) is 0 Å². The van der Waals surface area contributed by atoms with Gasteiger partial charge in [0.2, 0.25) is 0 Å². The second-order valence-corrected chi connectivity index (χ2v) is 5.00. The van der Waals surface area contributed by atoms with Crippen molar-refractivity contribution in [2.75, 3.05) is 0 Å². The van der Waals surface area contributed by atoms with E-state index in [9.17, 15) is 0 Å². The minimum Gasteiger partial charge on any atom is -0.0770 e. The van der Waals surface area contributed by atoms with Crippen LogP contribution in [0.1, 0.15) is 79.6 Å². The summed E-state index contributed by atoms with van der Waals surface area (Å²) in [4.78, 5) is 0. The Morgan fingerprint density at radius 3 is 2.00 bits per heavy atom. The van der Waals surface area contributed by atoms with Crippen molar-refractivity contribution in [3.63, 3.8) is 0 Å². The van der Waals surface area contributed by atoms with Crippen LogP contribution in [0.3, 0.4) is 0 Å². The van der Waals surface area contributed by atoms with Crippen molar-refractivity contribution in [2.24, 2.45) is 5.92 Å². The number of rotatable bonds is 8. The zero-order valence-corrected chi connectivity index (χ0v) is 11.5. The lowest BCUT2D eigenvalue weighted by molar-refractivity contribution is 0.572. The number of unbranched alkanes of at least 4 members (excludes halogenated alkanes) is 4. The van der Waals surface area contributed by atoms with E-state index in [0.717, 1.165) is 5.92 Å². The van der Waals surface area contributed by atoms with Gasteiger partial charge in [0.05, 0.1) is 0 Å². The molecule has 0 rings (SSSR count). The van der Waals surface area contributed by atoms with Crippen LogP contribution in [0.15, 0.2) is 11.1 Å². The van der Waals surface area contributed by atoms with Gasteiger partial charge in [0.1, 0.15) is 0 Å². The molecule has 15 heavy (non-hydrogen) atoms. The van der Waals surface area contributed by atoms with Crippen LogP contribution in [0.5, 0.6) is 0 Å². The minimum absolute atomic E-state index is 0.793. The molecule has 0 spiro atoms. The molecule has 0 heteroatoms. The van der Waals surface area contributed by atoms with E-state index in [4.69, 9.17) is 0 Å². The van der Waals surface area contributed by atoms with E-state index in [1.807, 2.05) is 0 Å². The Hall–Kier alpha value is -0.260. The van der Waals surface area contributed by atoms with E-state index in [2.05, 4.69) is 34.6 Å². The van der Waals surface area contributed by atoms with Gasteiger partial charge in [-0.05, 0) is 39.0 Å². The predicted octanol–water partition coefficient (Wildman–Crippen LogP) is 5.73. The second-order valence-electron chi connectivity index (χ2n) is 5.00. The quantitative estimate of drug-likeness (QED) is 0.354. The van der Waals surface area contributed by atoms with Crippen molar-refractivity contribution in [3.05, 3.63) is 11.1 Å². The molecule has 0 N–H and O–H groups in total. The van der Waals surface area contributed by atoms with Gasteiger partial charge in [-0.2, -0.15) is 0 Å². The first-order valence-corrected chi connectivity index (χ1v) is 6.79. The van der Waals surface area contributed by atoms with Crippen LogP contribution < -0.4 is 0 Å². The Labute approximate surface area is 97.2 Å². The molecule has 0 nitrogen and oxygen atoms in total. The highest BCUT2D eigenvalue weighted by Crippen LogP contribution is 2.24. The van der Waals surface area contributed by atoms with Crippen molar-refractivity contribution >= 4 is 0 Å². The van der Waals surface area contributed by atoms with Crippen LogP contribution in [-0.2, 0) is 0 Å². The molecule has 0 aromatic carbocycles. The Bertz CT molecular complexity index is 172. The lowest BCUT2D eigenvalue weighted by atomic mass is 9.90. The average Bonchev–Trinajstić information content (AvgIpc) is 2.22. The topological polar surface area (TPSA) is 0 Å². The van der Waals surface area contributed by atoms with Gasteiger partial charge in [0.15, 0.2) is 0 Å². The van der Waals surface area contributed by atoms with Gasteiger partial charge in [0, 0.05) is 0 Å². The molecule has 0 aliphatic carbocycles. The Balaban J connectivity index is 3.84. The van der Waals surface area contributed by atoms with Crippen LogP contribution in [-0.4, -0.2) is 0 Å². The summed E-state index contributed by atoms with van der Waals surface area (Å²) in [5.74, 6) is 0.793. The van der Waals surface area contributed by atoms with Crippen molar-refractivity contribution in [2.45, 2.75) is 79.6 Å². The van der Waals surface area contributed by atoms with Gasteiger partial charge in [-0.15, -0.1) is 0 Å². The molecule has 0 aromatic rings. The standard InChI is InChI=1S/C15H30/c1-6-8-9-10-11-12-15(13(3)4)14(5)7-2/h14H,6-12H2,1-5H3. The molecule has 1 atom stereocenters. The SMILES string of the molecule is CCCCCCCC(=C(C)C)C(C)CC. The highest BCUT2D eigenvalue weighted by Gasteiger charge is 2.07. The second kappa shape index (κ2) is 9.00. The summed E-state index contributed by atoms with van der Waals surface area (Å²) in [6, 6.07) is 0. The first kappa shape index (κ1) is 14.7. The molecule has 90 valence electrons. The maximum Gasteiger partial charge on any atom is -0.0232 e. The average molecular weight is 210 g/mol. The molecule has 0 aromatic heterocycles. The Morgan fingerprint density at radius 2 is 1.53 bits per heavy atom. The molecule has 0 amide bonds. The molecule has 0 bridgehead atoms. The third-order valence-corrected chi connectivity index (χ3v) is 3.40. The largest absolute Gasteiger partial charge is 0.0770 e. The summed E-state index contributed by atoms with van der Waals surface area (Å²) in [5.41, 5.74) is 3.27. The molecule has 0 radical (unpaired) electrons. The van der Waals surface area contributed by atoms with Gasteiger partial charge >= 0.3 is 0 Å². The fourth-order valence-electron chi connectivity index (χ4n) is 2.15. The number of hydrogen-bond acceptors (Lipinski definition) is 0. The minimum atomic E-state index is 0.793. The smallest absolute Gasteiger partial charge is 0.0232 e. The lowest BCUT2D eigenvalue weighted by Crippen LogP contribution is -2.00. The summed E-state index contributed by atoms with van der Waals surface area (Å²) in [7, 11) is 0. The molecule has 0 saturated heterocycles. The zero-order valence-electron chi connectivity index (χ0n) is 11.5. The number of hydrogen-bond donors (Lipinski definition) is 0. The molecule has 0 fully saturated rings. The van der Waals surface area contributed by atoms with Gasteiger partial charge in [0.25, 0.3) is 0 Å². The predicted molar refractivity (Wildman–Crippen MR) is 71.2 cm³/mol. The maximum absolute atomic E-state index is 2.37. The maximum atomic E-state index is 2.37.